The molecule has 104 valence electrons. The van der Waals surface area contributed by atoms with Gasteiger partial charge in [-0.1, -0.05) is 0 Å². The van der Waals surface area contributed by atoms with E-state index < -0.39 is 0 Å². The van der Waals surface area contributed by atoms with Crippen LogP contribution in [0.5, 0.6) is 0 Å². The van der Waals surface area contributed by atoms with Crippen LogP contribution in [0.4, 0.5) is 10.1 Å². The number of amides is 1. The van der Waals surface area contributed by atoms with Crippen LogP contribution in [0.25, 0.3) is 0 Å². The minimum Gasteiger partial charge on any atom is -0.396 e. The van der Waals surface area contributed by atoms with Gasteiger partial charge < -0.3 is 10.0 Å². The van der Waals surface area contributed by atoms with Gasteiger partial charge in [0.15, 0.2) is 0 Å². The maximum absolute atomic E-state index is 12.9. The standard InChI is InChI=1S/C14H19FN2O2/c1-16-8-2-9-17(14(19)13(16)7-10-18)12-5-3-11(15)4-6-12/h3-6,13,18H,2,7-10H2,1H3. The van der Waals surface area contributed by atoms with E-state index in [1.54, 1.807) is 17.0 Å². The molecule has 1 N–H and O–H groups in total. The topological polar surface area (TPSA) is 43.8 Å². The molecule has 4 nitrogen and oxygen atoms in total. The van der Waals surface area contributed by atoms with Gasteiger partial charge in [-0.15, -0.1) is 0 Å². The second-order valence-corrected chi connectivity index (χ2v) is 4.83. The van der Waals surface area contributed by atoms with Crippen molar-refractivity contribution in [2.45, 2.75) is 18.9 Å². The molecule has 1 aliphatic rings. The van der Waals surface area contributed by atoms with E-state index in [1.165, 1.54) is 12.1 Å². The first kappa shape index (κ1) is 14.0. The Hall–Kier alpha value is -1.46. The number of carbonyl (C=O) groups is 1. The summed E-state index contributed by atoms with van der Waals surface area (Å²) in [5.74, 6) is -0.337. The number of nitrogens with zero attached hydrogens (tertiary/aromatic N) is 2. The number of aliphatic hydroxyl groups is 1. The normalized spacial score (nSPS) is 21.5. The Morgan fingerprint density at radius 1 is 1.32 bits per heavy atom. The molecule has 1 heterocycles. The van der Waals surface area contributed by atoms with Crippen LogP contribution in [0.2, 0.25) is 0 Å². The molecule has 2 rings (SSSR count). The predicted octanol–water partition coefficient (Wildman–Crippen LogP) is 1.25. The fraction of sp³-hybridized carbons (Fsp3) is 0.500. The van der Waals surface area contributed by atoms with Crippen LogP contribution in [0.1, 0.15) is 12.8 Å². The molecule has 0 bridgehead atoms. The van der Waals surface area contributed by atoms with E-state index in [0.717, 1.165) is 13.0 Å². The first-order valence-electron chi connectivity index (χ1n) is 6.51. The monoisotopic (exact) mass is 266 g/mol. The molecule has 0 spiro atoms. The maximum Gasteiger partial charge on any atom is 0.244 e. The van der Waals surface area contributed by atoms with Crippen molar-refractivity contribution in [3.05, 3.63) is 30.1 Å². The third-order valence-electron chi connectivity index (χ3n) is 3.52. The molecule has 1 saturated heterocycles. The lowest BCUT2D eigenvalue weighted by atomic mass is 10.1. The van der Waals surface area contributed by atoms with Gasteiger partial charge in [0.25, 0.3) is 0 Å². The summed E-state index contributed by atoms with van der Waals surface area (Å²) in [6.07, 6.45) is 1.29. The second-order valence-electron chi connectivity index (χ2n) is 4.83. The highest BCUT2D eigenvalue weighted by molar-refractivity contribution is 5.97. The summed E-state index contributed by atoms with van der Waals surface area (Å²) in [4.78, 5) is 16.2. The molecule has 1 aromatic carbocycles. The van der Waals surface area contributed by atoms with Gasteiger partial charge in [-0.05, 0) is 44.2 Å². The zero-order chi connectivity index (χ0) is 13.8. The van der Waals surface area contributed by atoms with E-state index in [0.29, 0.717) is 18.7 Å². The van der Waals surface area contributed by atoms with Gasteiger partial charge >= 0.3 is 0 Å². The lowest BCUT2D eigenvalue weighted by Crippen LogP contribution is -2.45. The number of hydrogen-bond donors (Lipinski definition) is 1. The van der Waals surface area contributed by atoms with Gasteiger partial charge in [0.1, 0.15) is 5.82 Å². The molecule has 1 aliphatic heterocycles. The number of likely N-dealkylation sites (N-methyl/N-ethyl adjacent to an activating group) is 1. The molecular formula is C14H19FN2O2. The molecule has 0 saturated carbocycles. The highest BCUT2D eigenvalue weighted by Crippen LogP contribution is 2.21. The number of benzene rings is 1. The Balaban J connectivity index is 2.24. The largest absolute Gasteiger partial charge is 0.396 e. The first-order chi connectivity index (χ1) is 9.13. The summed E-state index contributed by atoms with van der Waals surface area (Å²) in [5, 5.41) is 9.09. The van der Waals surface area contributed by atoms with Gasteiger partial charge in [-0.2, -0.15) is 0 Å². The van der Waals surface area contributed by atoms with E-state index in [4.69, 9.17) is 5.11 Å². The van der Waals surface area contributed by atoms with Crippen molar-refractivity contribution in [1.29, 1.82) is 0 Å². The smallest absolute Gasteiger partial charge is 0.244 e. The molecule has 0 radical (unpaired) electrons. The minimum atomic E-state index is -0.310. The Morgan fingerprint density at radius 2 is 2.00 bits per heavy atom. The van der Waals surface area contributed by atoms with Crippen molar-refractivity contribution < 1.29 is 14.3 Å². The molecule has 1 atom stereocenters. The molecule has 0 aromatic heterocycles. The fourth-order valence-electron chi connectivity index (χ4n) is 2.46. The van der Waals surface area contributed by atoms with Crippen LogP contribution in [-0.2, 0) is 4.79 Å². The van der Waals surface area contributed by atoms with E-state index in [2.05, 4.69) is 0 Å². The molecule has 0 aliphatic carbocycles. The van der Waals surface area contributed by atoms with Crippen LogP contribution in [0.3, 0.4) is 0 Å². The third kappa shape index (κ3) is 3.11. The summed E-state index contributed by atoms with van der Waals surface area (Å²) in [7, 11) is 1.90. The average molecular weight is 266 g/mol. The summed E-state index contributed by atoms with van der Waals surface area (Å²) in [6.45, 7) is 1.42. The summed E-state index contributed by atoms with van der Waals surface area (Å²) in [5.41, 5.74) is 0.713. The van der Waals surface area contributed by atoms with Gasteiger partial charge in [0.05, 0.1) is 6.04 Å². The lowest BCUT2D eigenvalue weighted by Gasteiger charge is -2.27. The Bertz CT molecular complexity index is 436. The van der Waals surface area contributed by atoms with Crippen molar-refractivity contribution in [3.8, 4) is 0 Å². The van der Waals surface area contributed by atoms with Crippen LogP contribution >= 0.6 is 0 Å². The van der Waals surface area contributed by atoms with Crippen LogP contribution < -0.4 is 4.90 Å². The van der Waals surface area contributed by atoms with Crippen molar-refractivity contribution in [3.63, 3.8) is 0 Å². The SMILES string of the molecule is CN1CCCN(c2ccc(F)cc2)C(=O)C1CCO. The maximum atomic E-state index is 12.9. The Labute approximate surface area is 112 Å². The van der Waals surface area contributed by atoms with E-state index in [1.807, 2.05) is 11.9 Å². The molecule has 1 fully saturated rings. The van der Waals surface area contributed by atoms with Crippen molar-refractivity contribution >= 4 is 11.6 Å². The van der Waals surface area contributed by atoms with E-state index in [-0.39, 0.29) is 24.4 Å². The molecule has 1 amide bonds. The second kappa shape index (κ2) is 6.12. The Kier molecular flexibility index (Phi) is 4.50. The predicted molar refractivity (Wildman–Crippen MR) is 71.5 cm³/mol. The highest BCUT2D eigenvalue weighted by Gasteiger charge is 2.30. The van der Waals surface area contributed by atoms with Gasteiger partial charge in [0, 0.05) is 25.4 Å². The van der Waals surface area contributed by atoms with Gasteiger partial charge in [-0.25, -0.2) is 4.39 Å². The zero-order valence-electron chi connectivity index (χ0n) is 11.1. The molecular weight excluding hydrogens is 247 g/mol. The first-order valence-corrected chi connectivity index (χ1v) is 6.51. The van der Waals surface area contributed by atoms with Crippen molar-refractivity contribution in [2.75, 3.05) is 31.6 Å². The number of rotatable bonds is 3. The number of aliphatic hydroxyl groups excluding tert-OH is 1. The van der Waals surface area contributed by atoms with Crippen molar-refractivity contribution in [2.24, 2.45) is 0 Å². The van der Waals surface area contributed by atoms with E-state index >= 15 is 0 Å². The number of halogens is 1. The number of carbonyl (C=O) groups excluding carboxylic acids is 1. The third-order valence-corrected chi connectivity index (χ3v) is 3.52. The van der Waals surface area contributed by atoms with Gasteiger partial charge in [0.2, 0.25) is 5.91 Å². The zero-order valence-corrected chi connectivity index (χ0v) is 11.1. The van der Waals surface area contributed by atoms with Crippen LogP contribution in [-0.4, -0.2) is 48.7 Å². The lowest BCUT2D eigenvalue weighted by molar-refractivity contribution is -0.123. The number of hydrogen-bond acceptors (Lipinski definition) is 3. The molecule has 19 heavy (non-hydrogen) atoms. The van der Waals surface area contributed by atoms with E-state index in [9.17, 15) is 9.18 Å². The minimum absolute atomic E-state index is 0.0159. The average Bonchev–Trinajstić information content (AvgIpc) is 2.53. The van der Waals surface area contributed by atoms with Gasteiger partial charge in [-0.3, -0.25) is 9.69 Å². The summed E-state index contributed by atoms with van der Waals surface area (Å²) >= 11 is 0. The summed E-state index contributed by atoms with van der Waals surface area (Å²) < 4.78 is 12.9. The summed E-state index contributed by atoms with van der Waals surface area (Å²) in [6, 6.07) is 5.65. The Morgan fingerprint density at radius 3 is 2.63 bits per heavy atom. The van der Waals surface area contributed by atoms with Crippen LogP contribution in [0, 0.1) is 5.82 Å². The fourth-order valence-corrected chi connectivity index (χ4v) is 2.46. The van der Waals surface area contributed by atoms with Crippen LogP contribution in [0.15, 0.2) is 24.3 Å². The highest BCUT2D eigenvalue weighted by atomic mass is 19.1. The quantitative estimate of drug-likeness (QED) is 0.895. The number of anilines is 1. The molecule has 1 unspecified atom stereocenters. The molecule has 5 heteroatoms. The van der Waals surface area contributed by atoms with Crippen molar-refractivity contribution in [1.82, 2.24) is 4.90 Å². The molecule has 1 aromatic rings.